The molecule has 8 heteroatoms. The third-order valence-electron chi connectivity index (χ3n) is 4.01. The van der Waals surface area contributed by atoms with Gasteiger partial charge in [0.25, 0.3) is 11.1 Å². The summed E-state index contributed by atoms with van der Waals surface area (Å²) in [5.41, 5.74) is 1.79. The Bertz CT molecular complexity index is 936. The second-order valence-corrected chi connectivity index (χ2v) is 6.75. The second kappa shape index (κ2) is 7.17. The van der Waals surface area contributed by atoms with Gasteiger partial charge in [-0.1, -0.05) is 12.1 Å². The standard InChI is InChI=1S/C18H16FN3O3S/c1-11-7-8-12(21(11)2)9-15-17(24)22(18(25)26-15)10-16(23)20-14-6-4-3-5-13(14)19/h3-9H,10H2,1-2H3,(H,20,23)/b15-9-. The van der Waals surface area contributed by atoms with E-state index in [-0.39, 0.29) is 10.6 Å². The number of para-hydroxylation sites is 1. The van der Waals surface area contributed by atoms with Gasteiger partial charge in [0, 0.05) is 18.4 Å². The van der Waals surface area contributed by atoms with Crippen LogP contribution in [0.25, 0.3) is 6.08 Å². The van der Waals surface area contributed by atoms with Gasteiger partial charge in [-0.3, -0.25) is 19.3 Å². The molecule has 0 aliphatic carbocycles. The largest absolute Gasteiger partial charge is 0.348 e. The molecule has 1 aliphatic rings. The van der Waals surface area contributed by atoms with Gasteiger partial charge in [0.05, 0.1) is 10.6 Å². The quantitative estimate of drug-likeness (QED) is 0.836. The number of aromatic nitrogens is 1. The number of nitrogens with one attached hydrogen (secondary N) is 1. The molecule has 26 heavy (non-hydrogen) atoms. The lowest BCUT2D eigenvalue weighted by Gasteiger charge is -2.12. The fraction of sp³-hybridized carbons (Fsp3) is 0.167. The highest BCUT2D eigenvalue weighted by Crippen LogP contribution is 2.32. The van der Waals surface area contributed by atoms with Gasteiger partial charge >= 0.3 is 0 Å². The van der Waals surface area contributed by atoms with Gasteiger partial charge in [0.2, 0.25) is 5.91 Å². The first kappa shape index (κ1) is 17.9. The number of rotatable bonds is 4. The zero-order valence-electron chi connectivity index (χ0n) is 14.2. The molecule has 0 unspecified atom stereocenters. The maximum Gasteiger partial charge on any atom is 0.294 e. The molecule has 0 bridgehead atoms. The molecule has 0 radical (unpaired) electrons. The minimum atomic E-state index is -0.645. The highest BCUT2D eigenvalue weighted by molar-refractivity contribution is 8.18. The summed E-state index contributed by atoms with van der Waals surface area (Å²) in [6.07, 6.45) is 1.62. The molecule has 3 amide bonds. The Morgan fingerprint density at radius 1 is 1.23 bits per heavy atom. The first-order chi connectivity index (χ1) is 12.4. The van der Waals surface area contributed by atoms with Gasteiger partial charge in [0.15, 0.2) is 0 Å². The third kappa shape index (κ3) is 3.55. The Kier molecular flexibility index (Phi) is 4.94. The van der Waals surface area contributed by atoms with Crippen LogP contribution in [-0.4, -0.2) is 33.1 Å². The van der Waals surface area contributed by atoms with Crippen LogP contribution in [0.4, 0.5) is 14.9 Å². The Morgan fingerprint density at radius 3 is 2.62 bits per heavy atom. The van der Waals surface area contributed by atoms with Crippen LogP contribution in [0.15, 0.2) is 41.3 Å². The number of hydrogen-bond donors (Lipinski definition) is 1. The summed E-state index contributed by atoms with van der Waals surface area (Å²) in [5, 5.41) is 1.83. The average molecular weight is 373 g/mol. The number of aryl methyl sites for hydroxylation is 1. The molecule has 0 spiro atoms. The lowest BCUT2D eigenvalue weighted by Crippen LogP contribution is -2.36. The first-order valence-corrected chi connectivity index (χ1v) is 8.60. The third-order valence-corrected chi connectivity index (χ3v) is 4.92. The van der Waals surface area contributed by atoms with Crippen molar-refractivity contribution in [2.75, 3.05) is 11.9 Å². The van der Waals surface area contributed by atoms with Crippen molar-refractivity contribution in [3.05, 3.63) is 58.5 Å². The highest BCUT2D eigenvalue weighted by Gasteiger charge is 2.36. The highest BCUT2D eigenvalue weighted by atomic mass is 32.2. The Hall–Kier alpha value is -2.87. The molecule has 1 aromatic heterocycles. The number of halogens is 1. The molecule has 1 fully saturated rings. The number of amides is 3. The van der Waals surface area contributed by atoms with Crippen LogP contribution in [0.3, 0.4) is 0 Å². The lowest BCUT2D eigenvalue weighted by atomic mass is 10.3. The average Bonchev–Trinajstić information content (AvgIpc) is 3.05. The van der Waals surface area contributed by atoms with E-state index in [1.807, 2.05) is 30.7 Å². The van der Waals surface area contributed by atoms with E-state index in [4.69, 9.17) is 0 Å². The van der Waals surface area contributed by atoms with Crippen LogP contribution in [-0.2, 0) is 16.6 Å². The van der Waals surface area contributed by atoms with Crippen LogP contribution >= 0.6 is 11.8 Å². The summed E-state index contributed by atoms with van der Waals surface area (Å²) in [7, 11) is 1.85. The van der Waals surface area contributed by atoms with E-state index in [1.165, 1.54) is 18.2 Å². The van der Waals surface area contributed by atoms with E-state index in [9.17, 15) is 18.8 Å². The zero-order valence-corrected chi connectivity index (χ0v) is 15.0. The number of imide groups is 1. The van der Waals surface area contributed by atoms with Gasteiger partial charge in [-0.2, -0.15) is 0 Å². The number of benzene rings is 1. The predicted octanol–water partition coefficient (Wildman–Crippen LogP) is 3.15. The van der Waals surface area contributed by atoms with Crippen LogP contribution in [0, 0.1) is 12.7 Å². The molecule has 2 heterocycles. The first-order valence-electron chi connectivity index (χ1n) is 7.79. The predicted molar refractivity (Wildman–Crippen MR) is 97.9 cm³/mol. The van der Waals surface area contributed by atoms with E-state index >= 15 is 0 Å². The molecule has 0 saturated carbocycles. The second-order valence-electron chi connectivity index (χ2n) is 5.75. The Labute approximate surface area is 153 Å². The number of nitrogens with zero attached hydrogens (tertiary/aromatic N) is 2. The Balaban J connectivity index is 1.72. The summed E-state index contributed by atoms with van der Waals surface area (Å²) in [4.78, 5) is 37.7. The molecular formula is C18H16FN3O3S. The number of carbonyl (C=O) groups is 3. The molecule has 6 nitrogen and oxygen atoms in total. The monoisotopic (exact) mass is 373 g/mol. The van der Waals surface area contributed by atoms with Crippen LogP contribution in [0.1, 0.15) is 11.4 Å². The number of anilines is 1. The van der Waals surface area contributed by atoms with Gasteiger partial charge in [0.1, 0.15) is 12.4 Å². The normalized spacial score (nSPS) is 15.8. The fourth-order valence-corrected chi connectivity index (χ4v) is 3.27. The van der Waals surface area contributed by atoms with Gasteiger partial charge in [-0.25, -0.2) is 4.39 Å². The summed E-state index contributed by atoms with van der Waals surface area (Å²) in [6, 6.07) is 9.42. The van der Waals surface area contributed by atoms with Crippen molar-refractivity contribution in [1.29, 1.82) is 0 Å². The Morgan fingerprint density at radius 2 is 1.96 bits per heavy atom. The van der Waals surface area contributed by atoms with Crippen molar-refractivity contribution in [3.63, 3.8) is 0 Å². The number of carbonyl (C=O) groups excluding carboxylic acids is 3. The van der Waals surface area contributed by atoms with Crippen molar-refractivity contribution < 1.29 is 18.8 Å². The van der Waals surface area contributed by atoms with Crippen molar-refractivity contribution in [2.24, 2.45) is 7.05 Å². The topological polar surface area (TPSA) is 71.4 Å². The molecule has 1 aliphatic heterocycles. The molecular weight excluding hydrogens is 357 g/mol. The molecule has 3 rings (SSSR count). The van der Waals surface area contributed by atoms with E-state index in [0.29, 0.717) is 0 Å². The van der Waals surface area contributed by atoms with Crippen molar-refractivity contribution >= 4 is 40.6 Å². The van der Waals surface area contributed by atoms with Gasteiger partial charge in [-0.05, 0) is 49.0 Å². The molecule has 1 N–H and O–H groups in total. The molecule has 2 aromatic rings. The van der Waals surface area contributed by atoms with Gasteiger partial charge < -0.3 is 9.88 Å². The van der Waals surface area contributed by atoms with Crippen LogP contribution in [0.2, 0.25) is 0 Å². The van der Waals surface area contributed by atoms with E-state index in [0.717, 1.165) is 28.0 Å². The summed E-state index contributed by atoms with van der Waals surface area (Å²) < 4.78 is 15.5. The van der Waals surface area contributed by atoms with E-state index in [2.05, 4.69) is 5.32 Å². The van der Waals surface area contributed by atoms with Crippen LogP contribution in [0.5, 0.6) is 0 Å². The number of thioether (sulfide) groups is 1. The van der Waals surface area contributed by atoms with Crippen molar-refractivity contribution in [2.45, 2.75) is 6.92 Å². The van der Waals surface area contributed by atoms with Crippen molar-refractivity contribution in [3.8, 4) is 0 Å². The summed E-state index contributed by atoms with van der Waals surface area (Å²) in [6.45, 7) is 1.46. The lowest BCUT2D eigenvalue weighted by molar-refractivity contribution is -0.127. The summed E-state index contributed by atoms with van der Waals surface area (Å²) in [5.74, 6) is -1.77. The molecule has 134 valence electrons. The molecule has 0 atom stereocenters. The molecule has 1 saturated heterocycles. The van der Waals surface area contributed by atoms with Crippen molar-refractivity contribution in [1.82, 2.24) is 9.47 Å². The number of hydrogen-bond acceptors (Lipinski definition) is 4. The maximum atomic E-state index is 13.6. The minimum absolute atomic E-state index is 0.000649. The van der Waals surface area contributed by atoms with Gasteiger partial charge in [-0.15, -0.1) is 0 Å². The van der Waals surface area contributed by atoms with E-state index < -0.39 is 29.4 Å². The maximum absolute atomic E-state index is 13.6. The van der Waals surface area contributed by atoms with E-state index in [1.54, 1.807) is 12.1 Å². The molecule has 1 aromatic carbocycles. The SMILES string of the molecule is Cc1ccc(/C=C2\SC(=O)N(CC(=O)Nc3ccccc3F)C2=O)n1C. The fourth-order valence-electron chi connectivity index (χ4n) is 2.44. The summed E-state index contributed by atoms with van der Waals surface area (Å²) >= 11 is 0.777. The minimum Gasteiger partial charge on any atom is -0.348 e. The zero-order chi connectivity index (χ0) is 18.8. The van der Waals surface area contributed by atoms with Crippen LogP contribution < -0.4 is 5.32 Å². The smallest absolute Gasteiger partial charge is 0.294 e.